The van der Waals surface area contributed by atoms with Crippen LogP contribution in [-0.2, 0) is 4.79 Å². The molecular weight excluding hydrogens is 398 g/mol. The summed E-state index contributed by atoms with van der Waals surface area (Å²) in [4.78, 5) is 31.1. The van der Waals surface area contributed by atoms with E-state index in [2.05, 4.69) is 10.3 Å². The molecule has 8 nitrogen and oxygen atoms in total. The summed E-state index contributed by atoms with van der Waals surface area (Å²) in [5.74, 6) is 1.86. The summed E-state index contributed by atoms with van der Waals surface area (Å²) in [6.07, 6.45) is 4.54. The average Bonchev–Trinajstić information content (AvgIpc) is 2.82. The van der Waals surface area contributed by atoms with E-state index in [9.17, 15) is 9.59 Å². The minimum absolute atomic E-state index is 0.0536. The molecule has 2 amide bonds. The van der Waals surface area contributed by atoms with E-state index in [0.29, 0.717) is 54.1 Å². The zero-order chi connectivity index (χ0) is 22.2. The van der Waals surface area contributed by atoms with Gasteiger partial charge < -0.3 is 24.4 Å². The van der Waals surface area contributed by atoms with Gasteiger partial charge in [0.25, 0.3) is 5.91 Å². The largest absolute Gasteiger partial charge is 0.497 e. The molecule has 31 heavy (non-hydrogen) atoms. The molecule has 1 aromatic heterocycles. The van der Waals surface area contributed by atoms with Gasteiger partial charge in [0.05, 0.1) is 27.0 Å². The minimum atomic E-state index is -0.0623. The number of aromatic nitrogens is 1. The minimum Gasteiger partial charge on any atom is -0.497 e. The van der Waals surface area contributed by atoms with Crippen LogP contribution in [0, 0.1) is 5.92 Å². The third-order valence-electron chi connectivity index (χ3n) is 5.56. The molecular formula is C23H29N3O5. The Morgan fingerprint density at radius 1 is 1.10 bits per heavy atom. The van der Waals surface area contributed by atoms with Crippen LogP contribution in [-0.4, -0.2) is 56.1 Å². The second kappa shape index (κ2) is 10.7. The summed E-state index contributed by atoms with van der Waals surface area (Å²) in [5, 5.41) is 2.91. The summed E-state index contributed by atoms with van der Waals surface area (Å²) in [5.41, 5.74) is 1.11. The van der Waals surface area contributed by atoms with E-state index in [1.807, 2.05) is 4.90 Å². The van der Waals surface area contributed by atoms with Crippen LogP contribution < -0.4 is 19.5 Å². The molecule has 0 radical (unpaired) electrons. The van der Waals surface area contributed by atoms with Crippen molar-refractivity contribution in [3.8, 4) is 17.4 Å². The lowest BCUT2D eigenvalue weighted by atomic mass is 9.91. The lowest BCUT2D eigenvalue weighted by Crippen LogP contribution is -2.38. The molecule has 0 atom stereocenters. The molecule has 1 fully saturated rings. The number of carbonyl (C=O) groups is 2. The van der Waals surface area contributed by atoms with E-state index in [1.54, 1.807) is 50.7 Å². The van der Waals surface area contributed by atoms with Crippen molar-refractivity contribution in [3.63, 3.8) is 0 Å². The van der Waals surface area contributed by atoms with Crippen molar-refractivity contribution in [3.05, 3.63) is 42.1 Å². The molecule has 0 spiro atoms. The number of benzene rings is 1. The summed E-state index contributed by atoms with van der Waals surface area (Å²) >= 11 is 0. The monoisotopic (exact) mass is 427 g/mol. The van der Waals surface area contributed by atoms with Crippen molar-refractivity contribution < 1.29 is 23.8 Å². The highest BCUT2D eigenvalue weighted by Crippen LogP contribution is 2.30. The van der Waals surface area contributed by atoms with Crippen LogP contribution in [0.2, 0.25) is 0 Å². The Labute approximate surface area is 182 Å². The van der Waals surface area contributed by atoms with Gasteiger partial charge in [-0.25, -0.2) is 4.98 Å². The van der Waals surface area contributed by atoms with Gasteiger partial charge in [-0.15, -0.1) is 0 Å². The van der Waals surface area contributed by atoms with Crippen molar-refractivity contribution in [2.45, 2.75) is 25.7 Å². The van der Waals surface area contributed by atoms with Crippen molar-refractivity contribution >= 4 is 17.5 Å². The number of hydrogen-bond donors (Lipinski definition) is 1. The molecule has 2 heterocycles. The van der Waals surface area contributed by atoms with Gasteiger partial charge in [-0.2, -0.15) is 0 Å². The third kappa shape index (κ3) is 5.65. The normalized spacial score (nSPS) is 14.1. The van der Waals surface area contributed by atoms with Crippen molar-refractivity contribution in [2.75, 3.05) is 39.7 Å². The van der Waals surface area contributed by atoms with E-state index in [0.717, 1.165) is 19.3 Å². The Balaban J connectivity index is 1.47. The Bertz CT molecular complexity index is 910. The Morgan fingerprint density at radius 3 is 2.55 bits per heavy atom. The number of rotatable bonds is 8. The zero-order valence-electron chi connectivity index (χ0n) is 18.2. The first-order valence-electron chi connectivity index (χ1n) is 10.4. The molecule has 0 bridgehead atoms. The third-order valence-corrected chi connectivity index (χ3v) is 5.56. The highest BCUT2D eigenvalue weighted by atomic mass is 16.5. The highest BCUT2D eigenvalue weighted by molar-refractivity contribution is 5.96. The Hall–Kier alpha value is -3.29. The molecule has 1 aliphatic rings. The van der Waals surface area contributed by atoms with Gasteiger partial charge in [0.1, 0.15) is 17.1 Å². The van der Waals surface area contributed by atoms with E-state index >= 15 is 0 Å². The number of nitrogens with one attached hydrogen (secondary N) is 1. The first kappa shape index (κ1) is 22.4. The van der Waals surface area contributed by atoms with E-state index in [1.165, 1.54) is 7.11 Å². The Morgan fingerprint density at radius 2 is 1.87 bits per heavy atom. The maximum atomic E-state index is 12.8. The zero-order valence-corrected chi connectivity index (χ0v) is 18.2. The number of nitrogens with zero attached hydrogens (tertiary/aromatic N) is 2. The van der Waals surface area contributed by atoms with Crippen LogP contribution in [0.4, 0.5) is 5.69 Å². The number of carbonyl (C=O) groups excluding carboxylic acids is 2. The molecule has 0 saturated carbocycles. The van der Waals surface area contributed by atoms with Crippen LogP contribution in [0.25, 0.3) is 0 Å². The number of ether oxygens (including phenoxy) is 3. The number of hydrogen-bond acceptors (Lipinski definition) is 6. The van der Waals surface area contributed by atoms with Crippen LogP contribution in [0.5, 0.6) is 17.4 Å². The first-order valence-corrected chi connectivity index (χ1v) is 10.4. The number of likely N-dealkylation sites (tertiary alicyclic amines) is 1. The first-order chi connectivity index (χ1) is 15.0. The van der Waals surface area contributed by atoms with Crippen molar-refractivity contribution in [1.82, 2.24) is 9.88 Å². The second-order valence-electron chi connectivity index (χ2n) is 7.45. The van der Waals surface area contributed by atoms with Gasteiger partial charge in [0.2, 0.25) is 11.8 Å². The van der Waals surface area contributed by atoms with Crippen molar-refractivity contribution in [1.29, 1.82) is 0 Å². The molecule has 0 aliphatic carbocycles. The molecule has 3 rings (SSSR count). The molecule has 1 aromatic carbocycles. The average molecular weight is 428 g/mol. The predicted octanol–water partition coefficient (Wildman–Crippen LogP) is 3.38. The number of piperidine rings is 1. The fraction of sp³-hybridized carbons (Fsp3) is 0.435. The fourth-order valence-electron chi connectivity index (χ4n) is 3.76. The van der Waals surface area contributed by atoms with Gasteiger partial charge in [-0.05, 0) is 49.4 Å². The maximum absolute atomic E-state index is 12.8. The topological polar surface area (TPSA) is 90.0 Å². The number of methoxy groups -OCH3 is 3. The van der Waals surface area contributed by atoms with Gasteiger partial charge in [0, 0.05) is 31.8 Å². The SMILES string of the molecule is COc1ccc(NC(=O)CCC2CCN(C(=O)c3cccnc3OC)CC2)c(OC)c1. The van der Waals surface area contributed by atoms with Crippen LogP contribution in [0.1, 0.15) is 36.0 Å². The number of anilines is 1. The van der Waals surface area contributed by atoms with Gasteiger partial charge in [-0.1, -0.05) is 0 Å². The Kier molecular flexibility index (Phi) is 7.70. The summed E-state index contributed by atoms with van der Waals surface area (Å²) < 4.78 is 15.7. The summed E-state index contributed by atoms with van der Waals surface area (Å²) in [6, 6.07) is 8.76. The lowest BCUT2D eigenvalue weighted by Gasteiger charge is -2.32. The fourth-order valence-corrected chi connectivity index (χ4v) is 3.76. The molecule has 1 aliphatic heterocycles. The van der Waals surface area contributed by atoms with Crippen LogP contribution in [0.15, 0.2) is 36.5 Å². The molecule has 166 valence electrons. The van der Waals surface area contributed by atoms with Crippen LogP contribution in [0.3, 0.4) is 0 Å². The van der Waals surface area contributed by atoms with Gasteiger partial charge in [0.15, 0.2) is 0 Å². The predicted molar refractivity (Wildman–Crippen MR) is 117 cm³/mol. The van der Waals surface area contributed by atoms with E-state index < -0.39 is 0 Å². The molecule has 2 aromatic rings. The second-order valence-corrected chi connectivity index (χ2v) is 7.45. The van der Waals surface area contributed by atoms with E-state index in [-0.39, 0.29) is 11.8 Å². The smallest absolute Gasteiger partial charge is 0.259 e. The lowest BCUT2D eigenvalue weighted by molar-refractivity contribution is -0.116. The quantitative estimate of drug-likeness (QED) is 0.695. The molecule has 8 heteroatoms. The highest BCUT2D eigenvalue weighted by Gasteiger charge is 2.26. The number of amides is 2. The van der Waals surface area contributed by atoms with E-state index in [4.69, 9.17) is 14.2 Å². The summed E-state index contributed by atoms with van der Waals surface area (Å²) in [7, 11) is 4.65. The van der Waals surface area contributed by atoms with Gasteiger partial charge >= 0.3 is 0 Å². The number of pyridine rings is 1. The maximum Gasteiger partial charge on any atom is 0.259 e. The van der Waals surface area contributed by atoms with Crippen molar-refractivity contribution in [2.24, 2.45) is 5.92 Å². The summed E-state index contributed by atoms with van der Waals surface area (Å²) in [6.45, 7) is 1.32. The van der Waals surface area contributed by atoms with Gasteiger partial charge in [-0.3, -0.25) is 9.59 Å². The standard InChI is InChI=1S/C23H29N3O5/c1-29-17-7-8-19(20(15-17)30-2)25-21(27)9-6-16-10-13-26(14-11-16)23(28)18-5-4-12-24-22(18)31-3/h4-5,7-8,12,15-16H,6,9-11,13-14H2,1-3H3,(H,25,27). The van der Waals surface area contributed by atoms with Crippen LogP contribution >= 0.6 is 0 Å². The molecule has 1 saturated heterocycles. The molecule has 0 unspecified atom stereocenters. The molecule has 1 N–H and O–H groups in total.